The normalized spacial score (nSPS) is 14.1. The summed E-state index contributed by atoms with van der Waals surface area (Å²) in [6.07, 6.45) is 5.40. The van der Waals surface area contributed by atoms with Crippen LogP contribution in [0.25, 0.3) is 10.9 Å². The van der Waals surface area contributed by atoms with Gasteiger partial charge in [0, 0.05) is 29.8 Å². The predicted molar refractivity (Wildman–Crippen MR) is 131 cm³/mol. The van der Waals surface area contributed by atoms with Gasteiger partial charge in [0.15, 0.2) is 0 Å². The number of rotatable bonds is 6. The molecule has 0 atom stereocenters. The number of hydrogen-bond donors (Lipinski definition) is 2. The smallest absolute Gasteiger partial charge is 0.235 e. The largest absolute Gasteiger partial charge is 0.457 e. The molecule has 3 heterocycles. The number of nitrogens with one attached hydrogen (secondary N) is 2. The number of ether oxygens (including phenoxy) is 1. The third kappa shape index (κ3) is 5.00. The molecule has 1 aliphatic heterocycles. The summed E-state index contributed by atoms with van der Waals surface area (Å²) in [5, 5.41) is 7.08. The quantitative estimate of drug-likeness (QED) is 0.443. The standard InChI is InChI=1S/C27H26N4O3/c32-26(16-19-4-2-1-3-5-19)31-15-11-21-17-22(6-7-24(21)31)34-23-10-14-29-25(18-23)30-27(33)20-8-12-28-13-9-20/h1-7,10-11,14-15,17-18,20,28H,8-9,12-13,16H2,(H,29,30,33). The Morgan fingerprint density at radius 1 is 1.00 bits per heavy atom. The van der Waals surface area contributed by atoms with Gasteiger partial charge in [-0.1, -0.05) is 30.3 Å². The zero-order chi connectivity index (χ0) is 23.3. The van der Waals surface area contributed by atoms with Crippen molar-refractivity contribution in [3.63, 3.8) is 0 Å². The van der Waals surface area contributed by atoms with E-state index in [1.807, 2.05) is 54.6 Å². The lowest BCUT2D eigenvalue weighted by Gasteiger charge is -2.21. The number of carbonyl (C=O) groups excluding carboxylic acids is 2. The minimum atomic E-state index is -0.00548. The summed E-state index contributed by atoms with van der Waals surface area (Å²) in [4.78, 5) is 29.6. The molecule has 172 valence electrons. The zero-order valence-corrected chi connectivity index (χ0v) is 18.7. The van der Waals surface area contributed by atoms with Gasteiger partial charge in [-0.3, -0.25) is 14.2 Å². The van der Waals surface area contributed by atoms with Crippen molar-refractivity contribution in [2.45, 2.75) is 19.3 Å². The summed E-state index contributed by atoms with van der Waals surface area (Å²) in [5.41, 5.74) is 1.81. The van der Waals surface area contributed by atoms with E-state index in [0.29, 0.717) is 23.7 Å². The number of hydrogen-bond acceptors (Lipinski definition) is 5. The summed E-state index contributed by atoms with van der Waals surface area (Å²) in [5.74, 6) is 1.70. The van der Waals surface area contributed by atoms with Gasteiger partial charge in [0.25, 0.3) is 0 Å². The van der Waals surface area contributed by atoms with Crippen molar-refractivity contribution in [1.82, 2.24) is 14.9 Å². The van der Waals surface area contributed by atoms with Crippen molar-refractivity contribution >= 4 is 28.5 Å². The Kier molecular flexibility index (Phi) is 6.35. The maximum atomic E-state index is 12.8. The van der Waals surface area contributed by atoms with Crippen molar-refractivity contribution in [2.24, 2.45) is 5.92 Å². The average molecular weight is 455 g/mol. The van der Waals surface area contributed by atoms with Gasteiger partial charge in [0.2, 0.25) is 11.8 Å². The fourth-order valence-electron chi connectivity index (χ4n) is 4.25. The Labute approximate surface area is 197 Å². The van der Waals surface area contributed by atoms with Crippen LogP contribution in [0.15, 0.2) is 79.1 Å². The van der Waals surface area contributed by atoms with Crippen molar-refractivity contribution < 1.29 is 14.3 Å². The average Bonchev–Trinajstić information content (AvgIpc) is 3.29. The third-order valence-electron chi connectivity index (χ3n) is 6.06. The van der Waals surface area contributed by atoms with Crippen LogP contribution in [0.3, 0.4) is 0 Å². The van der Waals surface area contributed by atoms with E-state index in [1.54, 1.807) is 29.1 Å². The van der Waals surface area contributed by atoms with Crippen LogP contribution in [-0.4, -0.2) is 34.5 Å². The van der Waals surface area contributed by atoms with E-state index in [9.17, 15) is 9.59 Å². The topological polar surface area (TPSA) is 85.2 Å². The molecule has 2 N–H and O–H groups in total. The molecule has 0 radical (unpaired) electrons. The van der Waals surface area contributed by atoms with Crippen LogP contribution in [0.5, 0.6) is 11.5 Å². The maximum absolute atomic E-state index is 12.8. The van der Waals surface area contributed by atoms with Crippen molar-refractivity contribution in [1.29, 1.82) is 0 Å². The number of benzene rings is 2. The number of pyridine rings is 1. The van der Waals surface area contributed by atoms with E-state index in [4.69, 9.17) is 4.74 Å². The highest BCUT2D eigenvalue weighted by Gasteiger charge is 2.21. The number of amides is 1. The van der Waals surface area contributed by atoms with Gasteiger partial charge in [-0.15, -0.1) is 0 Å². The monoisotopic (exact) mass is 454 g/mol. The SMILES string of the molecule is O=C(Nc1cc(Oc2ccc3c(ccn3C(=O)Cc3ccccc3)c2)ccn1)C1CCNCC1. The highest BCUT2D eigenvalue weighted by molar-refractivity contribution is 5.94. The van der Waals surface area contributed by atoms with E-state index in [1.165, 1.54) is 0 Å². The number of anilines is 1. The van der Waals surface area contributed by atoms with Crippen molar-refractivity contribution in [3.05, 3.63) is 84.7 Å². The fraction of sp³-hybridized carbons (Fsp3) is 0.222. The lowest BCUT2D eigenvalue weighted by atomic mass is 9.97. The first-order chi connectivity index (χ1) is 16.7. The molecule has 1 amide bonds. The molecule has 0 saturated carbocycles. The first-order valence-corrected chi connectivity index (χ1v) is 11.5. The van der Waals surface area contributed by atoms with Gasteiger partial charge < -0.3 is 15.4 Å². The molecule has 5 rings (SSSR count). The Balaban J connectivity index is 1.27. The van der Waals surface area contributed by atoms with E-state index in [0.717, 1.165) is 42.4 Å². The van der Waals surface area contributed by atoms with E-state index in [2.05, 4.69) is 15.6 Å². The Morgan fingerprint density at radius 3 is 2.62 bits per heavy atom. The van der Waals surface area contributed by atoms with Gasteiger partial charge in [-0.05, 0) is 61.8 Å². The van der Waals surface area contributed by atoms with Crippen molar-refractivity contribution in [3.8, 4) is 11.5 Å². The molecule has 4 aromatic rings. The molecule has 0 unspecified atom stereocenters. The van der Waals surface area contributed by atoms with Gasteiger partial charge in [-0.25, -0.2) is 4.98 Å². The van der Waals surface area contributed by atoms with Crippen LogP contribution < -0.4 is 15.4 Å². The van der Waals surface area contributed by atoms with Crippen LogP contribution in [0.4, 0.5) is 5.82 Å². The molecule has 7 nitrogen and oxygen atoms in total. The molecule has 0 bridgehead atoms. The maximum Gasteiger partial charge on any atom is 0.235 e. The Bertz CT molecular complexity index is 1310. The second-order valence-corrected chi connectivity index (χ2v) is 8.45. The second kappa shape index (κ2) is 9.89. The van der Waals surface area contributed by atoms with Crippen LogP contribution in [0, 0.1) is 5.92 Å². The number of nitrogens with zero attached hydrogens (tertiary/aromatic N) is 2. The second-order valence-electron chi connectivity index (χ2n) is 8.45. The van der Waals surface area contributed by atoms with Crippen LogP contribution in [0.1, 0.15) is 23.2 Å². The van der Waals surface area contributed by atoms with Crippen molar-refractivity contribution in [2.75, 3.05) is 18.4 Å². The molecule has 0 aliphatic carbocycles. The fourth-order valence-corrected chi connectivity index (χ4v) is 4.25. The van der Waals surface area contributed by atoms with Crippen LogP contribution >= 0.6 is 0 Å². The number of piperidine rings is 1. The minimum absolute atomic E-state index is 0.00340. The molecule has 2 aromatic heterocycles. The molecule has 34 heavy (non-hydrogen) atoms. The number of fused-ring (bicyclic) bond motifs is 1. The molecule has 2 aromatic carbocycles. The van der Waals surface area contributed by atoms with Crippen LogP contribution in [-0.2, 0) is 11.2 Å². The third-order valence-corrected chi connectivity index (χ3v) is 6.06. The zero-order valence-electron chi connectivity index (χ0n) is 18.7. The molecular formula is C27H26N4O3. The molecule has 7 heteroatoms. The van der Waals surface area contributed by atoms with E-state index >= 15 is 0 Å². The summed E-state index contributed by atoms with van der Waals surface area (Å²) in [7, 11) is 0. The minimum Gasteiger partial charge on any atom is -0.457 e. The number of aromatic nitrogens is 2. The summed E-state index contributed by atoms with van der Waals surface area (Å²) < 4.78 is 7.70. The Morgan fingerprint density at radius 2 is 1.79 bits per heavy atom. The Hall–Kier alpha value is -3.97. The predicted octanol–water partition coefficient (Wildman–Crippen LogP) is 4.65. The van der Waals surface area contributed by atoms with Gasteiger partial charge in [0.1, 0.15) is 17.3 Å². The van der Waals surface area contributed by atoms with Gasteiger partial charge in [0.05, 0.1) is 11.9 Å². The molecule has 0 spiro atoms. The first-order valence-electron chi connectivity index (χ1n) is 11.5. The summed E-state index contributed by atoms with van der Waals surface area (Å²) >= 11 is 0. The summed E-state index contributed by atoms with van der Waals surface area (Å²) in [6.45, 7) is 1.72. The highest BCUT2D eigenvalue weighted by Crippen LogP contribution is 2.28. The lowest BCUT2D eigenvalue weighted by molar-refractivity contribution is -0.120. The van der Waals surface area contributed by atoms with Gasteiger partial charge >= 0.3 is 0 Å². The van der Waals surface area contributed by atoms with E-state index < -0.39 is 0 Å². The lowest BCUT2D eigenvalue weighted by Crippen LogP contribution is -2.34. The van der Waals surface area contributed by atoms with E-state index in [-0.39, 0.29) is 17.7 Å². The summed E-state index contributed by atoms with van der Waals surface area (Å²) in [6, 6.07) is 20.7. The molecule has 1 fully saturated rings. The van der Waals surface area contributed by atoms with Gasteiger partial charge in [-0.2, -0.15) is 0 Å². The highest BCUT2D eigenvalue weighted by atomic mass is 16.5. The molecular weight excluding hydrogens is 428 g/mol. The first kappa shape index (κ1) is 21.9. The van der Waals surface area contributed by atoms with Crippen LogP contribution in [0.2, 0.25) is 0 Å². The molecule has 1 saturated heterocycles. The number of carbonyl (C=O) groups is 2. The molecule has 1 aliphatic rings.